The molecule has 2 aromatic heterocycles. The van der Waals surface area contributed by atoms with Crippen molar-refractivity contribution in [1.29, 1.82) is 0 Å². The third kappa shape index (κ3) is 4.02. The molecule has 3 heterocycles. The minimum absolute atomic E-state index is 0.510. The predicted molar refractivity (Wildman–Crippen MR) is 203 cm³/mol. The van der Waals surface area contributed by atoms with Crippen LogP contribution in [0.4, 0.5) is 0 Å². The van der Waals surface area contributed by atoms with Gasteiger partial charge in [0, 0.05) is 38.6 Å². The van der Waals surface area contributed by atoms with Gasteiger partial charge in [0.25, 0.3) is 0 Å². The van der Waals surface area contributed by atoms with Crippen LogP contribution in [-0.2, 0) is 5.41 Å². The Bertz CT molecular complexity index is 2810. The van der Waals surface area contributed by atoms with Crippen molar-refractivity contribution < 1.29 is 9.15 Å². The van der Waals surface area contributed by atoms with Crippen molar-refractivity contribution in [3.05, 3.63) is 192 Å². The molecule has 4 heteroatoms. The average Bonchev–Trinajstić information content (AvgIpc) is 3.72. The number of furan rings is 1. The van der Waals surface area contributed by atoms with Gasteiger partial charge in [-0.25, -0.2) is 9.97 Å². The van der Waals surface area contributed by atoms with Crippen LogP contribution >= 0.6 is 0 Å². The van der Waals surface area contributed by atoms with Gasteiger partial charge in [-0.3, -0.25) is 0 Å². The summed E-state index contributed by atoms with van der Waals surface area (Å²) < 4.78 is 13.1. The van der Waals surface area contributed by atoms with E-state index in [0.29, 0.717) is 5.82 Å². The molecule has 0 N–H and O–H groups in total. The van der Waals surface area contributed by atoms with Gasteiger partial charge in [0.15, 0.2) is 5.82 Å². The van der Waals surface area contributed by atoms with Gasteiger partial charge in [-0.1, -0.05) is 133 Å². The van der Waals surface area contributed by atoms with Crippen molar-refractivity contribution in [3.8, 4) is 56.5 Å². The van der Waals surface area contributed by atoms with Crippen LogP contribution in [0.25, 0.3) is 67.0 Å². The Morgan fingerprint density at radius 2 is 0.980 bits per heavy atom. The summed E-state index contributed by atoms with van der Waals surface area (Å²) in [5.41, 5.74) is 13.0. The van der Waals surface area contributed by atoms with E-state index in [1.54, 1.807) is 0 Å². The molecule has 1 spiro atoms. The molecule has 7 aromatic carbocycles. The first-order valence-corrected chi connectivity index (χ1v) is 17.2. The van der Waals surface area contributed by atoms with Gasteiger partial charge in [-0.15, -0.1) is 0 Å². The highest BCUT2D eigenvalue weighted by molar-refractivity contribution is 6.05. The Labute approximate surface area is 294 Å². The van der Waals surface area contributed by atoms with Gasteiger partial charge in [0.1, 0.15) is 22.7 Å². The van der Waals surface area contributed by atoms with Gasteiger partial charge in [-0.2, -0.15) is 0 Å². The second-order valence-electron chi connectivity index (χ2n) is 13.3. The number of nitrogens with zero attached hydrogens (tertiary/aromatic N) is 2. The number of hydrogen-bond donors (Lipinski definition) is 0. The van der Waals surface area contributed by atoms with Crippen LogP contribution in [0.1, 0.15) is 22.3 Å². The molecule has 0 unspecified atom stereocenters. The van der Waals surface area contributed by atoms with Crippen molar-refractivity contribution in [3.63, 3.8) is 0 Å². The van der Waals surface area contributed by atoms with Gasteiger partial charge in [0.05, 0.1) is 16.8 Å². The maximum atomic E-state index is 6.81. The molecular weight excluding hydrogens is 625 g/mol. The first kappa shape index (κ1) is 28.1. The van der Waals surface area contributed by atoms with Crippen LogP contribution < -0.4 is 4.74 Å². The Morgan fingerprint density at radius 1 is 0.392 bits per heavy atom. The van der Waals surface area contributed by atoms with Crippen molar-refractivity contribution in [2.75, 3.05) is 0 Å². The third-order valence-electron chi connectivity index (χ3n) is 10.6. The van der Waals surface area contributed by atoms with Gasteiger partial charge >= 0.3 is 0 Å². The van der Waals surface area contributed by atoms with Crippen molar-refractivity contribution >= 4 is 21.9 Å². The number of hydrogen-bond acceptors (Lipinski definition) is 4. The molecule has 0 saturated carbocycles. The highest BCUT2D eigenvalue weighted by Crippen LogP contribution is 2.62. The Hall–Kier alpha value is -6.78. The maximum absolute atomic E-state index is 6.81. The Kier molecular flexibility index (Phi) is 5.84. The fraction of sp³-hybridized carbons (Fsp3) is 0.0213. The van der Waals surface area contributed by atoms with Crippen LogP contribution in [0.2, 0.25) is 0 Å². The SMILES string of the molecule is c1ccc(-c2nc(-c3ccc4c(c3)Oc3ccccc3C43c4ccccc4-c4ccccc43)cc(-c3ccc4c(c3)oc3ccccc34)n2)cc1. The lowest BCUT2D eigenvalue weighted by Crippen LogP contribution is -2.32. The average molecular weight is 653 g/mol. The lowest BCUT2D eigenvalue weighted by atomic mass is 9.66. The van der Waals surface area contributed by atoms with E-state index in [1.165, 1.54) is 22.3 Å². The number of benzene rings is 7. The summed E-state index contributed by atoms with van der Waals surface area (Å²) in [4.78, 5) is 10.3. The molecule has 0 fully saturated rings. The van der Waals surface area contributed by atoms with Crippen LogP contribution in [0, 0.1) is 0 Å². The molecular formula is C47H28N2O2. The van der Waals surface area contributed by atoms with E-state index in [9.17, 15) is 0 Å². The topological polar surface area (TPSA) is 48.2 Å². The molecule has 0 bridgehead atoms. The molecule has 9 aromatic rings. The van der Waals surface area contributed by atoms with Crippen LogP contribution in [0.3, 0.4) is 0 Å². The van der Waals surface area contributed by atoms with E-state index in [0.717, 1.165) is 72.6 Å². The molecule has 1 aliphatic carbocycles. The molecule has 0 radical (unpaired) electrons. The van der Waals surface area contributed by atoms with E-state index < -0.39 is 5.41 Å². The van der Waals surface area contributed by atoms with Crippen LogP contribution in [0.15, 0.2) is 174 Å². The van der Waals surface area contributed by atoms with E-state index in [1.807, 2.05) is 36.4 Å². The number of rotatable bonds is 3. The summed E-state index contributed by atoms with van der Waals surface area (Å²) in [6.45, 7) is 0. The van der Waals surface area contributed by atoms with Gasteiger partial charge < -0.3 is 9.15 Å². The minimum atomic E-state index is -0.510. The molecule has 11 rings (SSSR count). The second-order valence-corrected chi connectivity index (χ2v) is 13.3. The zero-order valence-corrected chi connectivity index (χ0v) is 27.4. The third-order valence-corrected chi connectivity index (χ3v) is 10.6. The van der Waals surface area contributed by atoms with E-state index in [4.69, 9.17) is 19.1 Å². The van der Waals surface area contributed by atoms with Crippen molar-refractivity contribution in [2.24, 2.45) is 0 Å². The monoisotopic (exact) mass is 652 g/mol. The summed E-state index contributed by atoms with van der Waals surface area (Å²) in [5.74, 6) is 2.34. The molecule has 238 valence electrons. The first-order valence-electron chi connectivity index (χ1n) is 17.2. The molecule has 51 heavy (non-hydrogen) atoms. The number of fused-ring (bicyclic) bond motifs is 12. The number of para-hydroxylation sites is 2. The first-order chi connectivity index (χ1) is 25.3. The summed E-state index contributed by atoms with van der Waals surface area (Å²) in [5, 5.41) is 2.19. The fourth-order valence-electron chi connectivity index (χ4n) is 8.36. The molecule has 0 saturated heterocycles. The zero-order valence-electron chi connectivity index (χ0n) is 27.4. The van der Waals surface area contributed by atoms with E-state index in [-0.39, 0.29) is 0 Å². The highest BCUT2D eigenvalue weighted by atomic mass is 16.5. The van der Waals surface area contributed by atoms with Crippen LogP contribution in [-0.4, -0.2) is 9.97 Å². The largest absolute Gasteiger partial charge is 0.457 e. The standard InChI is InChI=1S/C47H28N2O2/c1-2-12-29(13-3-1)46-48-40(30-22-24-35-34-16-6-10-20-42(34)50-44(35)26-30)28-41(49-46)31-23-25-39-45(27-31)51-43-21-11-9-19-38(43)47(39)36-17-7-4-14-32(36)33-15-5-8-18-37(33)47/h1-28H. The number of ether oxygens (including phenoxy) is 1. The fourth-order valence-corrected chi connectivity index (χ4v) is 8.36. The van der Waals surface area contributed by atoms with E-state index in [2.05, 4.69) is 133 Å². The smallest absolute Gasteiger partial charge is 0.160 e. The molecule has 1 aliphatic heterocycles. The highest BCUT2D eigenvalue weighted by Gasteiger charge is 2.50. The van der Waals surface area contributed by atoms with Crippen LogP contribution in [0.5, 0.6) is 11.5 Å². The summed E-state index contributed by atoms with van der Waals surface area (Å²) in [6, 6.07) is 59.3. The summed E-state index contributed by atoms with van der Waals surface area (Å²) in [6.07, 6.45) is 0. The quantitative estimate of drug-likeness (QED) is 0.191. The van der Waals surface area contributed by atoms with Crippen molar-refractivity contribution in [2.45, 2.75) is 5.41 Å². The van der Waals surface area contributed by atoms with Gasteiger partial charge in [-0.05, 0) is 58.7 Å². The minimum Gasteiger partial charge on any atom is -0.457 e. The van der Waals surface area contributed by atoms with Crippen molar-refractivity contribution in [1.82, 2.24) is 9.97 Å². The second kappa shape index (κ2) is 10.6. The summed E-state index contributed by atoms with van der Waals surface area (Å²) in [7, 11) is 0. The Balaban J connectivity index is 1.12. The number of aromatic nitrogens is 2. The molecule has 2 aliphatic rings. The molecule has 0 atom stereocenters. The molecule has 4 nitrogen and oxygen atoms in total. The van der Waals surface area contributed by atoms with E-state index >= 15 is 0 Å². The predicted octanol–water partition coefficient (Wildman–Crippen LogP) is 11.8. The maximum Gasteiger partial charge on any atom is 0.160 e. The normalized spacial score (nSPS) is 13.4. The van der Waals surface area contributed by atoms with Gasteiger partial charge in [0.2, 0.25) is 0 Å². The zero-order chi connectivity index (χ0) is 33.5. The molecule has 0 amide bonds. The lowest BCUT2D eigenvalue weighted by molar-refractivity contribution is 0.436. The Morgan fingerprint density at radius 3 is 1.76 bits per heavy atom. The lowest BCUT2D eigenvalue weighted by Gasteiger charge is -2.39. The summed E-state index contributed by atoms with van der Waals surface area (Å²) >= 11 is 0.